The summed E-state index contributed by atoms with van der Waals surface area (Å²) < 4.78 is 2.31. The molecule has 0 bridgehead atoms. The van der Waals surface area contributed by atoms with Crippen LogP contribution in [0.2, 0.25) is 5.02 Å². The van der Waals surface area contributed by atoms with Gasteiger partial charge in [-0.3, -0.25) is 0 Å². The molecule has 1 aromatic heterocycles. The highest BCUT2D eigenvalue weighted by Crippen LogP contribution is 2.33. The molecule has 2 aromatic rings. The lowest BCUT2D eigenvalue weighted by molar-refractivity contribution is 0.0521. The topological polar surface area (TPSA) is 21.1 Å². The van der Waals surface area contributed by atoms with Crippen molar-refractivity contribution >= 4 is 11.6 Å². The Morgan fingerprint density at radius 2 is 1.96 bits per heavy atom. The van der Waals surface area contributed by atoms with E-state index in [9.17, 15) is 0 Å². The molecule has 3 nitrogen and oxygen atoms in total. The molecule has 2 aliphatic rings. The molecule has 23 heavy (non-hydrogen) atoms. The third-order valence-electron chi connectivity index (χ3n) is 5.49. The predicted molar refractivity (Wildman–Crippen MR) is 94.6 cm³/mol. The van der Waals surface area contributed by atoms with Gasteiger partial charge in [0, 0.05) is 30.5 Å². The summed E-state index contributed by atoms with van der Waals surface area (Å²) >= 11 is 6.38. The molecule has 0 radical (unpaired) electrons. The summed E-state index contributed by atoms with van der Waals surface area (Å²) in [6, 6.07) is 8.78. The van der Waals surface area contributed by atoms with Crippen molar-refractivity contribution in [3.05, 3.63) is 41.7 Å². The number of aromatic nitrogens is 2. The molecule has 4 heteroatoms. The van der Waals surface area contributed by atoms with Crippen LogP contribution in [-0.4, -0.2) is 33.6 Å². The number of hydrogen-bond donors (Lipinski definition) is 0. The fraction of sp³-hybridized carbons (Fsp3) is 0.526. The molecule has 1 aromatic carbocycles. The third-order valence-corrected chi connectivity index (χ3v) is 5.82. The first-order chi connectivity index (χ1) is 11.3. The highest BCUT2D eigenvalue weighted by molar-refractivity contribution is 6.33. The molecule has 0 aliphatic carbocycles. The molecule has 0 spiro atoms. The number of imidazole rings is 1. The summed E-state index contributed by atoms with van der Waals surface area (Å²) in [5.41, 5.74) is 1.04. The molecule has 3 heterocycles. The second-order valence-corrected chi connectivity index (χ2v) is 7.29. The first-order valence-electron chi connectivity index (χ1n) is 8.83. The molecule has 2 fully saturated rings. The molecule has 2 aliphatic heterocycles. The zero-order valence-corrected chi connectivity index (χ0v) is 14.3. The number of piperidine rings is 2. The van der Waals surface area contributed by atoms with Crippen LogP contribution in [0.1, 0.15) is 32.1 Å². The minimum atomic E-state index is 0.736. The van der Waals surface area contributed by atoms with E-state index in [1.54, 1.807) is 0 Å². The number of halogens is 1. The van der Waals surface area contributed by atoms with Crippen LogP contribution >= 0.6 is 11.6 Å². The standard InChI is InChI=1S/C19H24ClN3/c20-17-8-2-1-7-16(17)19-21-10-13-23(19)14-15-6-5-12-22-11-4-3-9-18(15)22/h1-2,7-8,10,13,15,18H,3-6,9,11-12,14H2/t15-,18+/m0/s1. The molecular weight excluding hydrogens is 306 g/mol. The molecule has 0 unspecified atom stereocenters. The highest BCUT2D eigenvalue weighted by Gasteiger charge is 2.33. The molecule has 2 atom stereocenters. The van der Waals surface area contributed by atoms with E-state index in [0.717, 1.165) is 34.9 Å². The Hall–Kier alpha value is -1.32. The van der Waals surface area contributed by atoms with E-state index in [4.69, 9.17) is 11.6 Å². The van der Waals surface area contributed by atoms with Gasteiger partial charge in [-0.2, -0.15) is 0 Å². The quantitative estimate of drug-likeness (QED) is 0.828. The summed E-state index contributed by atoms with van der Waals surface area (Å²) in [7, 11) is 0. The van der Waals surface area contributed by atoms with Gasteiger partial charge in [-0.25, -0.2) is 4.98 Å². The van der Waals surface area contributed by atoms with Crippen LogP contribution in [0.15, 0.2) is 36.7 Å². The fourth-order valence-electron chi connectivity index (χ4n) is 4.39. The van der Waals surface area contributed by atoms with Crippen LogP contribution in [0.3, 0.4) is 0 Å². The molecule has 2 saturated heterocycles. The molecule has 4 rings (SSSR count). The summed E-state index contributed by atoms with van der Waals surface area (Å²) in [6.07, 6.45) is 10.8. The van der Waals surface area contributed by atoms with Gasteiger partial charge in [-0.15, -0.1) is 0 Å². The average molecular weight is 330 g/mol. The lowest BCUT2D eigenvalue weighted by atomic mass is 9.83. The van der Waals surface area contributed by atoms with Gasteiger partial charge in [-0.1, -0.05) is 30.2 Å². The zero-order chi connectivity index (χ0) is 15.6. The van der Waals surface area contributed by atoms with Crippen molar-refractivity contribution in [2.24, 2.45) is 5.92 Å². The molecular formula is C19H24ClN3. The Bertz CT molecular complexity index is 664. The van der Waals surface area contributed by atoms with Crippen LogP contribution in [0, 0.1) is 5.92 Å². The molecule has 122 valence electrons. The Morgan fingerprint density at radius 3 is 2.87 bits per heavy atom. The van der Waals surface area contributed by atoms with E-state index in [2.05, 4.69) is 26.7 Å². The largest absolute Gasteiger partial charge is 0.331 e. The van der Waals surface area contributed by atoms with E-state index in [1.807, 2.05) is 24.4 Å². The van der Waals surface area contributed by atoms with Crippen molar-refractivity contribution < 1.29 is 0 Å². The number of nitrogens with zero attached hydrogens (tertiary/aromatic N) is 3. The van der Waals surface area contributed by atoms with Crippen molar-refractivity contribution in [2.45, 2.75) is 44.7 Å². The van der Waals surface area contributed by atoms with E-state index >= 15 is 0 Å². The number of rotatable bonds is 3. The van der Waals surface area contributed by atoms with Gasteiger partial charge in [0.1, 0.15) is 5.82 Å². The monoisotopic (exact) mass is 329 g/mol. The Labute approximate surface area is 143 Å². The van der Waals surface area contributed by atoms with Crippen molar-refractivity contribution in [3.63, 3.8) is 0 Å². The molecule has 0 amide bonds. The second-order valence-electron chi connectivity index (χ2n) is 6.88. The number of fused-ring (bicyclic) bond motifs is 1. The minimum Gasteiger partial charge on any atom is -0.331 e. The summed E-state index contributed by atoms with van der Waals surface area (Å²) in [4.78, 5) is 7.31. The van der Waals surface area contributed by atoms with Crippen LogP contribution in [0.25, 0.3) is 11.4 Å². The summed E-state index contributed by atoms with van der Waals surface area (Å²) in [5, 5.41) is 0.780. The van der Waals surface area contributed by atoms with Crippen molar-refractivity contribution in [1.29, 1.82) is 0 Å². The summed E-state index contributed by atoms with van der Waals surface area (Å²) in [5.74, 6) is 1.74. The van der Waals surface area contributed by atoms with Gasteiger partial charge in [0.15, 0.2) is 0 Å². The van der Waals surface area contributed by atoms with Gasteiger partial charge >= 0.3 is 0 Å². The highest BCUT2D eigenvalue weighted by atomic mass is 35.5. The maximum Gasteiger partial charge on any atom is 0.141 e. The van der Waals surface area contributed by atoms with Gasteiger partial charge < -0.3 is 9.47 Å². The SMILES string of the molecule is Clc1ccccc1-c1nccn1C[C@@H]1CCCN2CCCC[C@H]12. The fourth-order valence-corrected chi connectivity index (χ4v) is 4.61. The molecule has 0 N–H and O–H groups in total. The summed E-state index contributed by atoms with van der Waals surface area (Å²) in [6.45, 7) is 3.65. The van der Waals surface area contributed by atoms with Gasteiger partial charge in [-0.05, 0) is 56.8 Å². The third kappa shape index (κ3) is 3.05. The Balaban J connectivity index is 1.58. The lowest BCUT2D eigenvalue weighted by Crippen LogP contribution is -2.49. The maximum absolute atomic E-state index is 6.38. The predicted octanol–water partition coefficient (Wildman–Crippen LogP) is 4.47. The lowest BCUT2D eigenvalue weighted by Gasteiger charge is -2.44. The van der Waals surface area contributed by atoms with E-state index in [1.165, 1.54) is 45.2 Å². The van der Waals surface area contributed by atoms with Gasteiger partial charge in [0.2, 0.25) is 0 Å². The average Bonchev–Trinajstić information content (AvgIpc) is 3.04. The number of benzene rings is 1. The van der Waals surface area contributed by atoms with Gasteiger partial charge in [0.25, 0.3) is 0 Å². The first-order valence-corrected chi connectivity index (χ1v) is 9.21. The van der Waals surface area contributed by atoms with Crippen molar-refractivity contribution in [3.8, 4) is 11.4 Å². The van der Waals surface area contributed by atoms with E-state index in [0.29, 0.717) is 0 Å². The second kappa shape index (κ2) is 6.66. The van der Waals surface area contributed by atoms with E-state index in [-0.39, 0.29) is 0 Å². The van der Waals surface area contributed by atoms with Crippen LogP contribution in [0.4, 0.5) is 0 Å². The normalized spacial score (nSPS) is 25.3. The van der Waals surface area contributed by atoms with Gasteiger partial charge in [0.05, 0.1) is 5.02 Å². The van der Waals surface area contributed by atoms with Crippen molar-refractivity contribution in [1.82, 2.24) is 14.5 Å². The number of hydrogen-bond acceptors (Lipinski definition) is 2. The van der Waals surface area contributed by atoms with Crippen LogP contribution < -0.4 is 0 Å². The van der Waals surface area contributed by atoms with Crippen LogP contribution in [-0.2, 0) is 6.54 Å². The van der Waals surface area contributed by atoms with E-state index < -0.39 is 0 Å². The maximum atomic E-state index is 6.38. The zero-order valence-electron chi connectivity index (χ0n) is 13.5. The minimum absolute atomic E-state index is 0.736. The smallest absolute Gasteiger partial charge is 0.141 e. The Morgan fingerprint density at radius 1 is 1.09 bits per heavy atom. The van der Waals surface area contributed by atoms with Crippen LogP contribution in [0.5, 0.6) is 0 Å². The first kappa shape index (κ1) is 15.2. The van der Waals surface area contributed by atoms with Crippen molar-refractivity contribution in [2.75, 3.05) is 13.1 Å². The Kier molecular flexibility index (Phi) is 4.41. The molecule has 0 saturated carbocycles.